The molecule has 2 fully saturated rings. The van der Waals surface area contributed by atoms with Crippen LogP contribution >= 0.6 is 11.8 Å². The quantitative estimate of drug-likeness (QED) is 0.127. The summed E-state index contributed by atoms with van der Waals surface area (Å²) < 4.78 is 19.1. The van der Waals surface area contributed by atoms with Crippen molar-refractivity contribution in [1.29, 1.82) is 0 Å². The van der Waals surface area contributed by atoms with Crippen LogP contribution in [0.15, 0.2) is 0 Å². The number of carbonyl (C=O) groups is 5. The van der Waals surface area contributed by atoms with Gasteiger partial charge >= 0.3 is 24.1 Å². The van der Waals surface area contributed by atoms with Crippen molar-refractivity contribution in [1.82, 2.24) is 4.90 Å². The summed E-state index contributed by atoms with van der Waals surface area (Å²) in [7, 11) is 0. The number of unbranched alkanes of at least 4 members (excludes halogenated alkanes) is 2. The molecule has 10 nitrogen and oxygen atoms in total. The molecule has 0 aromatic heterocycles. The molecule has 2 aliphatic heterocycles. The van der Waals surface area contributed by atoms with Crippen LogP contribution in [0.1, 0.15) is 66.7 Å². The number of hydrogen-bond acceptors (Lipinski definition) is 10. The fourth-order valence-electron chi connectivity index (χ4n) is 3.40. The van der Waals surface area contributed by atoms with Crippen molar-refractivity contribution in [3.05, 3.63) is 0 Å². The van der Waals surface area contributed by atoms with E-state index < -0.39 is 40.6 Å². The predicted molar refractivity (Wildman–Crippen MR) is 109 cm³/mol. The number of carbonyl (C=O) groups excluding carboxylic acids is 5. The van der Waals surface area contributed by atoms with E-state index in [-0.39, 0.29) is 30.7 Å². The van der Waals surface area contributed by atoms with E-state index in [0.29, 0.717) is 6.42 Å². The number of hydrogen-bond donors (Lipinski definition) is 0. The molecule has 0 saturated carbocycles. The van der Waals surface area contributed by atoms with E-state index in [1.807, 2.05) is 6.92 Å². The molecule has 0 aliphatic carbocycles. The van der Waals surface area contributed by atoms with Crippen molar-refractivity contribution >= 4 is 41.7 Å². The number of β-lactam (4-membered cyclic amide) rings is 1. The van der Waals surface area contributed by atoms with E-state index in [2.05, 4.69) is 4.74 Å². The van der Waals surface area contributed by atoms with Gasteiger partial charge in [-0.3, -0.25) is 14.4 Å². The zero-order chi connectivity index (χ0) is 23.4. The Morgan fingerprint density at radius 3 is 2.45 bits per heavy atom. The van der Waals surface area contributed by atoms with Crippen LogP contribution in [0.4, 0.5) is 4.79 Å². The Hall–Kier alpha value is -2.30. The Bertz CT molecular complexity index is 753. The highest BCUT2D eigenvalue weighted by Crippen LogP contribution is 2.51. The minimum atomic E-state index is -1.75. The molecule has 0 unspecified atom stereocenters. The van der Waals surface area contributed by atoms with Crippen LogP contribution in [0, 0.1) is 0 Å². The first kappa shape index (κ1) is 25.0. The van der Waals surface area contributed by atoms with Crippen LogP contribution in [0.25, 0.3) is 0 Å². The van der Waals surface area contributed by atoms with Crippen molar-refractivity contribution in [2.24, 2.45) is 0 Å². The molecule has 2 aliphatic rings. The van der Waals surface area contributed by atoms with Gasteiger partial charge in [0.1, 0.15) is 12.6 Å². The molecule has 0 radical (unpaired) electrons. The fourth-order valence-corrected chi connectivity index (χ4v) is 5.07. The maximum absolute atomic E-state index is 13.0. The van der Waals surface area contributed by atoms with Gasteiger partial charge in [-0.15, -0.1) is 11.8 Å². The summed E-state index contributed by atoms with van der Waals surface area (Å²) in [5.41, 5.74) is 0. The maximum atomic E-state index is 13.0. The Morgan fingerprint density at radius 1 is 1.19 bits per heavy atom. The highest BCUT2D eigenvalue weighted by molar-refractivity contribution is 8.01. The van der Waals surface area contributed by atoms with Crippen molar-refractivity contribution in [2.75, 3.05) is 6.61 Å². The van der Waals surface area contributed by atoms with E-state index >= 15 is 0 Å². The molecular formula is C20H29NO9S. The zero-order valence-electron chi connectivity index (χ0n) is 18.4. The zero-order valence-corrected chi connectivity index (χ0v) is 19.2. The van der Waals surface area contributed by atoms with Gasteiger partial charge in [0.05, 0.1) is 16.5 Å². The molecule has 0 aromatic carbocycles. The number of nitrogens with zero attached hydrogens (tertiary/aromatic N) is 1. The average Bonchev–Trinajstić information content (AvgIpc) is 2.87. The number of fused-ring (bicyclic) bond motifs is 1. The Kier molecular flexibility index (Phi) is 7.96. The van der Waals surface area contributed by atoms with Gasteiger partial charge in [0.15, 0.2) is 0 Å². The number of amides is 1. The molecule has 3 atom stereocenters. The third kappa shape index (κ3) is 6.34. The molecule has 0 N–H and O–H groups in total. The van der Waals surface area contributed by atoms with E-state index in [4.69, 9.17) is 14.2 Å². The first-order valence-electron chi connectivity index (χ1n) is 10.2. The van der Waals surface area contributed by atoms with Gasteiger partial charge in [0, 0.05) is 27.2 Å². The van der Waals surface area contributed by atoms with Gasteiger partial charge in [0.25, 0.3) is 5.79 Å². The van der Waals surface area contributed by atoms with E-state index in [1.54, 1.807) is 6.92 Å². The molecule has 31 heavy (non-hydrogen) atoms. The van der Waals surface area contributed by atoms with Crippen LogP contribution < -0.4 is 0 Å². The molecule has 1 amide bonds. The molecule has 2 saturated heterocycles. The maximum Gasteiger partial charge on any atom is 0.519 e. The minimum Gasteiger partial charge on any atom is -0.464 e. The average molecular weight is 460 g/mol. The number of rotatable bonds is 9. The molecule has 0 bridgehead atoms. The van der Waals surface area contributed by atoms with Crippen molar-refractivity contribution in [3.8, 4) is 0 Å². The lowest BCUT2D eigenvalue weighted by Crippen LogP contribution is -2.59. The largest absolute Gasteiger partial charge is 0.519 e. The van der Waals surface area contributed by atoms with Gasteiger partial charge in [-0.2, -0.15) is 0 Å². The van der Waals surface area contributed by atoms with Crippen LogP contribution in [-0.2, 0) is 38.1 Å². The first-order chi connectivity index (χ1) is 14.4. The second-order valence-electron chi connectivity index (χ2n) is 8.18. The summed E-state index contributed by atoms with van der Waals surface area (Å²) in [6.07, 6.45) is 1.41. The van der Waals surface area contributed by atoms with Crippen LogP contribution in [-0.4, -0.2) is 63.4 Å². The van der Waals surface area contributed by atoms with Gasteiger partial charge in [0.2, 0.25) is 5.91 Å². The van der Waals surface area contributed by atoms with Crippen LogP contribution in [0.5, 0.6) is 0 Å². The molecule has 0 spiro atoms. The standard InChI is InChI=1S/C20H29NO9S/c1-6-7-8-9-15(24)28-18(26)30-19(3,4)29-17(25)16-20(5,11-27-12(2)22)31-14-10-13(23)21(14)16/h14,16H,6-11H2,1-5H3/t14-,16-,20+/m1/s1. The van der Waals surface area contributed by atoms with Gasteiger partial charge < -0.3 is 23.8 Å². The molecule has 174 valence electrons. The second kappa shape index (κ2) is 9.88. The third-order valence-corrected chi connectivity index (χ3v) is 6.40. The van der Waals surface area contributed by atoms with Gasteiger partial charge in [-0.25, -0.2) is 9.59 Å². The summed E-state index contributed by atoms with van der Waals surface area (Å²) in [6, 6.07) is -1.03. The van der Waals surface area contributed by atoms with Crippen molar-refractivity contribution in [2.45, 2.75) is 88.7 Å². The van der Waals surface area contributed by atoms with E-state index in [0.717, 1.165) is 12.8 Å². The number of esters is 3. The molecule has 0 aromatic rings. The summed E-state index contributed by atoms with van der Waals surface area (Å²) in [5, 5.41) is -0.222. The van der Waals surface area contributed by atoms with Gasteiger partial charge in [-0.05, 0) is 13.3 Å². The van der Waals surface area contributed by atoms with E-state index in [9.17, 15) is 24.0 Å². The fraction of sp³-hybridized carbons (Fsp3) is 0.750. The SMILES string of the molecule is CCCCCC(=O)OC(=O)OC(C)(C)OC(=O)[C@H]1N2C(=O)C[C@H]2S[C@@]1(C)COC(C)=O. The number of ether oxygens (including phenoxy) is 4. The van der Waals surface area contributed by atoms with Crippen LogP contribution in [0.2, 0.25) is 0 Å². The van der Waals surface area contributed by atoms with Gasteiger partial charge in [-0.1, -0.05) is 19.8 Å². The summed E-state index contributed by atoms with van der Waals surface area (Å²) in [4.78, 5) is 61.3. The Balaban J connectivity index is 2.00. The lowest BCUT2D eigenvalue weighted by Gasteiger charge is -2.38. The minimum absolute atomic E-state index is 0.0788. The summed E-state index contributed by atoms with van der Waals surface area (Å²) >= 11 is 1.35. The Labute approximate surface area is 185 Å². The monoisotopic (exact) mass is 459 g/mol. The lowest BCUT2D eigenvalue weighted by molar-refractivity contribution is -0.208. The van der Waals surface area contributed by atoms with Crippen molar-refractivity contribution in [3.63, 3.8) is 0 Å². The highest BCUT2D eigenvalue weighted by Gasteiger charge is 2.62. The normalized spacial score (nSPS) is 24.7. The van der Waals surface area contributed by atoms with Crippen LogP contribution in [0.3, 0.4) is 0 Å². The topological polar surface area (TPSA) is 126 Å². The lowest BCUT2D eigenvalue weighted by atomic mass is 9.97. The molecule has 2 rings (SSSR count). The van der Waals surface area contributed by atoms with E-state index in [1.165, 1.54) is 37.4 Å². The van der Waals surface area contributed by atoms with Crippen molar-refractivity contribution < 1.29 is 42.9 Å². The Morgan fingerprint density at radius 2 is 1.87 bits per heavy atom. The molecule has 11 heteroatoms. The number of thioether (sulfide) groups is 1. The summed E-state index contributed by atoms with van der Waals surface area (Å²) in [5.74, 6) is -4.02. The summed E-state index contributed by atoms with van der Waals surface area (Å²) in [6.45, 7) is 7.47. The predicted octanol–water partition coefficient (Wildman–Crippen LogP) is 2.52. The smallest absolute Gasteiger partial charge is 0.464 e. The molecular weight excluding hydrogens is 430 g/mol. The second-order valence-corrected chi connectivity index (χ2v) is 9.89. The molecule has 2 heterocycles. The third-order valence-electron chi connectivity index (χ3n) is 4.85. The highest BCUT2D eigenvalue weighted by atomic mass is 32.2. The first-order valence-corrected chi connectivity index (χ1v) is 11.1.